The second kappa shape index (κ2) is 4.49. The van der Waals surface area contributed by atoms with Crippen LogP contribution in [-0.2, 0) is 6.54 Å². The number of hydrogen-bond donors (Lipinski definition) is 1. The van der Waals surface area contributed by atoms with Gasteiger partial charge in [0.05, 0.1) is 11.7 Å². The van der Waals surface area contributed by atoms with E-state index in [2.05, 4.69) is 40.2 Å². The summed E-state index contributed by atoms with van der Waals surface area (Å²) in [5.74, 6) is 0.778. The first-order valence-electron chi connectivity index (χ1n) is 6.46. The van der Waals surface area contributed by atoms with Gasteiger partial charge >= 0.3 is 0 Å². The van der Waals surface area contributed by atoms with E-state index in [0.717, 1.165) is 25.6 Å². The van der Waals surface area contributed by atoms with Gasteiger partial charge in [-0.05, 0) is 50.4 Å². The number of fused-ring (bicyclic) bond motifs is 1. The molecule has 2 aromatic rings. The number of nitrogens with zero attached hydrogens (tertiary/aromatic N) is 2. The van der Waals surface area contributed by atoms with E-state index in [1.54, 1.807) is 0 Å². The van der Waals surface area contributed by atoms with Gasteiger partial charge in [-0.1, -0.05) is 12.1 Å². The molecule has 90 valence electrons. The molecule has 3 rings (SSSR count). The molecule has 17 heavy (non-hydrogen) atoms. The van der Waals surface area contributed by atoms with Gasteiger partial charge in [0.2, 0.25) is 0 Å². The van der Waals surface area contributed by atoms with Gasteiger partial charge in [0, 0.05) is 11.9 Å². The molecule has 1 aliphatic rings. The lowest BCUT2D eigenvalue weighted by Gasteiger charge is -2.22. The highest BCUT2D eigenvalue weighted by molar-refractivity contribution is 5.79. The van der Waals surface area contributed by atoms with Crippen LogP contribution in [0, 0.1) is 12.8 Å². The molecular formula is C14H19N3. The summed E-state index contributed by atoms with van der Waals surface area (Å²) in [5.41, 5.74) is 2.59. The minimum atomic E-state index is 0.778. The summed E-state index contributed by atoms with van der Waals surface area (Å²) in [7, 11) is 0. The van der Waals surface area contributed by atoms with Gasteiger partial charge < -0.3 is 5.32 Å². The Kier molecular flexibility index (Phi) is 2.85. The number of benzene rings is 1. The van der Waals surface area contributed by atoms with Gasteiger partial charge in [-0.3, -0.25) is 4.68 Å². The number of piperidine rings is 1. The van der Waals surface area contributed by atoms with Gasteiger partial charge in [0.25, 0.3) is 0 Å². The summed E-state index contributed by atoms with van der Waals surface area (Å²) in [4.78, 5) is 0. The molecule has 0 aliphatic carbocycles. The molecule has 0 spiro atoms. The molecule has 1 N–H and O–H groups in total. The van der Waals surface area contributed by atoms with E-state index in [1.165, 1.54) is 29.3 Å². The fourth-order valence-electron chi connectivity index (χ4n) is 2.63. The van der Waals surface area contributed by atoms with Crippen LogP contribution in [0.3, 0.4) is 0 Å². The van der Waals surface area contributed by atoms with E-state index in [1.807, 2.05) is 6.20 Å². The van der Waals surface area contributed by atoms with Crippen LogP contribution in [0.25, 0.3) is 10.9 Å². The molecular weight excluding hydrogens is 210 g/mol. The van der Waals surface area contributed by atoms with Crippen molar-refractivity contribution in [3.8, 4) is 0 Å². The maximum absolute atomic E-state index is 4.53. The Morgan fingerprint density at radius 1 is 1.35 bits per heavy atom. The van der Waals surface area contributed by atoms with Crippen molar-refractivity contribution in [2.75, 3.05) is 13.1 Å². The molecule has 0 saturated carbocycles. The minimum Gasteiger partial charge on any atom is -0.317 e. The lowest BCUT2D eigenvalue weighted by Crippen LogP contribution is -2.30. The molecule has 1 aromatic heterocycles. The SMILES string of the molecule is Cc1ccc2cnn(CC3CCNCC3)c2c1. The first kappa shape index (κ1) is 10.8. The number of aromatic nitrogens is 2. The van der Waals surface area contributed by atoms with Crippen molar-refractivity contribution in [1.82, 2.24) is 15.1 Å². The second-order valence-electron chi connectivity index (χ2n) is 5.08. The van der Waals surface area contributed by atoms with Gasteiger partial charge in [-0.25, -0.2) is 0 Å². The Balaban J connectivity index is 1.86. The summed E-state index contributed by atoms with van der Waals surface area (Å²) in [5, 5.41) is 9.19. The molecule has 1 aromatic carbocycles. The predicted octanol–water partition coefficient (Wildman–Crippen LogP) is 2.34. The molecule has 1 saturated heterocycles. The van der Waals surface area contributed by atoms with Crippen molar-refractivity contribution in [3.05, 3.63) is 30.0 Å². The maximum atomic E-state index is 4.53. The lowest BCUT2D eigenvalue weighted by atomic mass is 9.98. The number of rotatable bonds is 2. The average molecular weight is 229 g/mol. The highest BCUT2D eigenvalue weighted by Gasteiger charge is 2.14. The number of hydrogen-bond acceptors (Lipinski definition) is 2. The standard InChI is InChI=1S/C14H19N3/c1-11-2-3-13-9-16-17(14(13)8-11)10-12-4-6-15-7-5-12/h2-3,8-9,12,15H,4-7,10H2,1H3. The summed E-state index contributed by atoms with van der Waals surface area (Å²) < 4.78 is 2.18. The van der Waals surface area contributed by atoms with Gasteiger partial charge in [-0.15, -0.1) is 0 Å². The van der Waals surface area contributed by atoms with Crippen LogP contribution in [0.4, 0.5) is 0 Å². The van der Waals surface area contributed by atoms with Gasteiger partial charge in [0.1, 0.15) is 0 Å². The van der Waals surface area contributed by atoms with Crippen LogP contribution >= 0.6 is 0 Å². The van der Waals surface area contributed by atoms with Gasteiger partial charge in [-0.2, -0.15) is 5.10 Å². The van der Waals surface area contributed by atoms with Crippen molar-refractivity contribution in [1.29, 1.82) is 0 Å². The van der Waals surface area contributed by atoms with Gasteiger partial charge in [0.15, 0.2) is 0 Å². The third-order valence-corrected chi connectivity index (χ3v) is 3.69. The van der Waals surface area contributed by atoms with E-state index in [0.29, 0.717) is 0 Å². The summed E-state index contributed by atoms with van der Waals surface area (Å²) in [6.45, 7) is 5.52. The topological polar surface area (TPSA) is 29.9 Å². The first-order chi connectivity index (χ1) is 8.33. The Morgan fingerprint density at radius 3 is 3.00 bits per heavy atom. The molecule has 0 atom stereocenters. The van der Waals surface area contributed by atoms with E-state index >= 15 is 0 Å². The van der Waals surface area contributed by atoms with Crippen molar-refractivity contribution in [2.45, 2.75) is 26.3 Å². The normalized spacial score (nSPS) is 17.7. The van der Waals surface area contributed by atoms with Crippen molar-refractivity contribution in [3.63, 3.8) is 0 Å². The number of aryl methyl sites for hydroxylation is 1. The zero-order valence-electron chi connectivity index (χ0n) is 10.3. The fraction of sp³-hybridized carbons (Fsp3) is 0.500. The third kappa shape index (κ3) is 2.20. The van der Waals surface area contributed by atoms with Crippen molar-refractivity contribution in [2.24, 2.45) is 5.92 Å². The molecule has 1 fully saturated rings. The number of nitrogens with one attached hydrogen (secondary N) is 1. The van der Waals surface area contributed by atoms with E-state index in [-0.39, 0.29) is 0 Å². The lowest BCUT2D eigenvalue weighted by molar-refractivity contribution is 0.325. The first-order valence-corrected chi connectivity index (χ1v) is 6.46. The Hall–Kier alpha value is -1.35. The molecule has 1 aliphatic heterocycles. The molecule has 3 heteroatoms. The minimum absolute atomic E-state index is 0.778. The largest absolute Gasteiger partial charge is 0.317 e. The quantitative estimate of drug-likeness (QED) is 0.856. The van der Waals surface area contributed by atoms with Crippen LogP contribution in [-0.4, -0.2) is 22.9 Å². The molecule has 0 radical (unpaired) electrons. The van der Waals surface area contributed by atoms with Crippen LogP contribution in [0.5, 0.6) is 0 Å². The average Bonchev–Trinajstić information content (AvgIpc) is 2.73. The summed E-state index contributed by atoms with van der Waals surface area (Å²) in [6, 6.07) is 6.55. The van der Waals surface area contributed by atoms with E-state index in [9.17, 15) is 0 Å². The van der Waals surface area contributed by atoms with E-state index in [4.69, 9.17) is 0 Å². The predicted molar refractivity (Wildman–Crippen MR) is 70.1 cm³/mol. The Labute approximate surface area is 102 Å². The molecule has 3 nitrogen and oxygen atoms in total. The summed E-state index contributed by atoms with van der Waals surface area (Å²) in [6.07, 6.45) is 4.52. The third-order valence-electron chi connectivity index (χ3n) is 3.69. The van der Waals surface area contributed by atoms with Crippen LogP contribution in [0.1, 0.15) is 18.4 Å². The highest BCUT2D eigenvalue weighted by Crippen LogP contribution is 2.19. The maximum Gasteiger partial charge on any atom is 0.0685 e. The van der Waals surface area contributed by atoms with Crippen LogP contribution in [0.2, 0.25) is 0 Å². The smallest absolute Gasteiger partial charge is 0.0685 e. The molecule has 0 bridgehead atoms. The molecule has 0 amide bonds. The zero-order valence-corrected chi connectivity index (χ0v) is 10.3. The zero-order chi connectivity index (χ0) is 11.7. The monoisotopic (exact) mass is 229 g/mol. The van der Waals surface area contributed by atoms with Crippen molar-refractivity contribution >= 4 is 10.9 Å². The summed E-state index contributed by atoms with van der Waals surface area (Å²) >= 11 is 0. The molecule has 0 unspecified atom stereocenters. The van der Waals surface area contributed by atoms with E-state index < -0.39 is 0 Å². The fourth-order valence-corrected chi connectivity index (χ4v) is 2.63. The second-order valence-corrected chi connectivity index (χ2v) is 5.08. The van der Waals surface area contributed by atoms with Crippen LogP contribution in [0.15, 0.2) is 24.4 Å². The molecule has 2 heterocycles. The van der Waals surface area contributed by atoms with Crippen molar-refractivity contribution < 1.29 is 0 Å². The van der Waals surface area contributed by atoms with Crippen LogP contribution < -0.4 is 5.32 Å². The Morgan fingerprint density at radius 2 is 2.18 bits per heavy atom. The highest BCUT2D eigenvalue weighted by atomic mass is 15.3. The Bertz CT molecular complexity index is 509.